The van der Waals surface area contributed by atoms with Gasteiger partial charge >= 0.3 is 5.63 Å². The van der Waals surface area contributed by atoms with Crippen molar-refractivity contribution in [1.82, 2.24) is 0 Å². The van der Waals surface area contributed by atoms with Crippen molar-refractivity contribution in [1.29, 1.82) is 0 Å². The number of aromatic hydroxyl groups is 1. The van der Waals surface area contributed by atoms with Crippen molar-refractivity contribution in [3.8, 4) is 5.75 Å². The average molecular weight is 363 g/mol. The third-order valence-electron chi connectivity index (χ3n) is 4.28. The second-order valence-electron chi connectivity index (χ2n) is 6.72. The van der Waals surface area contributed by atoms with Gasteiger partial charge < -0.3 is 14.8 Å². The number of carbonyl (C=O) groups is 1. The van der Waals surface area contributed by atoms with Crippen LogP contribution >= 0.6 is 0 Å². The molecule has 0 bridgehead atoms. The summed E-state index contributed by atoms with van der Waals surface area (Å²) in [6.45, 7) is 5.79. The van der Waals surface area contributed by atoms with E-state index in [0.717, 1.165) is 16.5 Å². The molecule has 3 rings (SSSR count). The maximum absolute atomic E-state index is 12.6. The molecule has 0 aliphatic carbocycles. The first-order valence-electron chi connectivity index (χ1n) is 8.65. The average Bonchev–Trinajstić information content (AvgIpc) is 2.62. The Labute approximate surface area is 157 Å². The lowest BCUT2D eigenvalue weighted by Gasteiger charge is -2.08. The van der Waals surface area contributed by atoms with E-state index in [2.05, 4.69) is 5.32 Å². The minimum atomic E-state index is -0.603. The molecule has 0 atom stereocenters. The number of allylic oxidation sites excluding steroid dienone is 2. The molecule has 2 N–H and O–H groups in total. The fourth-order valence-electron chi connectivity index (χ4n) is 2.78. The monoisotopic (exact) mass is 363 g/mol. The lowest BCUT2D eigenvalue weighted by atomic mass is 10.0. The van der Waals surface area contributed by atoms with Crippen LogP contribution < -0.4 is 10.9 Å². The summed E-state index contributed by atoms with van der Waals surface area (Å²) in [5.74, 6) is -0.308. The zero-order valence-corrected chi connectivity index (χ0v) is 15.5. The number of phenols is 1. The predicted molar refractivity (Wildman–Crippen MR) is 106 cm³/mol. The van der Waals surface area contributed by atoms with Crippen molar-refractivity contribution in [2.24, 2.45) is 0 Å². The summed E-state index contributed by atoms with van der Waals surface area (Å²) in [7, 11) is 0. The molecule has 1 heterocycles. The van der Waals surface area contributed by atoms with Gasteiger partial charge in [-0.05, 0) is 62.6 Å². The second kappa shape index (κ2) is 7.50. The van der Waals surface area contributed by atoms with Crippen LogP contribution in [0.3, 0.4) is 0 Å². The lowest BCUT2D eigenvalue weighted by Crippen LogP contribution is -2.18. The molecule has 1 aromatic heterocycles. The topological polar surface area (TPSA) is 79.5 Å². The zero-order chi connectivity index (χ0) is 19.6. The predicted octanol–water partition coefficient (Wildman–Crippen LogP) is 4.57. The van der Waals surface area contributed by atoms with Gasteiger partial charge in [0, 0.05) is 10.9 Å². The molecule has 0 saturated carbocycles. The van der Waals surface area contributed by atoms with Crippen LogP contribution in [0.1, 0.15) is 35.3 Å². The molecule has 0 spiro atoms. The molecule has 0 fully saturated rings. The van der Waals surface area contributed by atoms with Gasteiger partial charge in [-0.2, -0.15) is 0 Å². The molecule has 0 aliphatic rings. The van der Waals surface area contributed by atoms with Gasteiger partial charge in [-0.25, -0.2) is 4.79 Å². The van der Waals surface area contributed by atoms with Crippen LogP contribution in [0, 0.1) is 6.92 Å². The summed E-state index contributed by atoms with van der Waals surface area (Å²) in [6, 6.07) is 11.8. The Balaban J connectivity index is 1.90. The fourth-order valence-corrected chi connectivity index (χ4v) is 2.78. The third kappa shape index (κ3) is 4.08. The summed E-state index contributed by atoms with van der Waals surface area (Å²) < 4.78 is 5.35. The molecule has 27 heavy (non-hydrogen) atoms. The summed E-state index contributed by atoms with van der Waals surface area (Å²) in [5, 5.41) is 13.3. The van der Waals surface area contributed by atoms with E-state index in [-0.39, 0.29) is 11.4 Å². The van der Waals surface area contributed by atoms with Crippen molar-refractivity contribution in [3.05, 3.63) is 81.2 Å². The van der Waals surface area contributed by atoms with Crippen molar-refractivity contribution in [2.75, 3.05) is 5.32 Å². The van der Waals surface area contributed by atoms with Gasteiger partial charge in [0.1, 0.15) is 17.0 Å². The number of benzene rings is 2. The number of carbonyl (C=O) groups excluding carboxylic acids is 1. The molecule has 0 aliphatic heterocycles. The van der Waals surface area contributed by atoms with Crippen LogP contribution in [0.4, 0.5) is 5.69 Å². The molecular formula is C22H21NO4. The number of anilines is 1. The van der Waals surface area contributed by atoms with Gasteiger partial charge in [-0.1, -0.05) is 29.8 Å². The van der Waals surface area contributed by atoms with Crippen molar-refractivity contribution < 1.29 is 14.3 Å². The number of aryl methyl sites for hydroxylation is 1. The molecule has 5 nitrogen and oxygen atoms in total. The Bertz CT molecular complexity index is 1100. The van der Waals surface area contributed by atoms with E-state index in [1.807, 2.05) is 45.0 Å². The maximum atomic E-state index is 12.6. The van der Waals surface area contributed by atoms with E-state index in [4.69, 9.17) is 4.42 Å². The molecule has 1 amide bonds. The van der Waals surface area contributed by atoms with Crippen molar-refractivity contribution in [3.63, 3.8) is 0 Å². The molecule has 2 aromatic carbocycles. The van der Waals surface area contributed by atoms with E-state index in [0.29, 0.717) is 23.1 Å². The number of amides is 1. The number of para-hydroxylation sites is 1. The number of hydrogen-bond donors (Lipinski definition) is 2. The van der Waals surface area contributed by atoms with Crippen LogP contribution in [0.25, 0.3) is 11.0 Å². The second-order valence-corrected chi connectivity index (χ2v) is 6.72. The Kier molecular flexibility index (Phi) is 5.12. The lowest BCUT2D eigenvalue weighted by molar-refractivity contribution is 0.102. The van der Waals surface area contributed by atoms with Gasteiger partial charge in [0.05, 0.1) is 0 Å². The number of rotatable bonds is 4. The number of phenolic OH excluding ortho intramolecular Hbond substituents is 1. The van der Waals surface area contributed by atoms with E-state index in [1.54, 1.807) is 12.1 Å². The van der Waals surface area contributed by atoms with Crippen LogP contribution in [-0.2, 0) is 6.42 Å². The first-order valence-corrected chi connectivity index (χ1v) is 8.65. The summed E-state index contributed by atoms with van der Waals surface area (Å²) >= 11 is 0. The van der Waals surface area contributed by atoms with E-state index < -0.39 is 11.5 Å². The van der Waals surface area contributed by atoms with Gasteiger partial charge in [0.2, 0.25) is 0 Å². The highest BCUT2D eigenvalue weighted by Gasteiger charge is 2.13. The molecule has 138 valence electrons. The highest BCUT2D eigenvalue weighted by Crippen LogP contribution is 2.22. The highest BCUT2D eigenvalue weighted by atomic mass is 16.4. The van der Waals surface area contributed by atoms with Gasteiger partial charge in [0.15, 0.2) is 0 Å². The normalized spacial score (nSPS) is 10.6. The van der Waals surface area contributed by atoms with E-state index in [9.17, 15) is 14.7 Å². The minimum absolute atomic E-state index is 0.0806. The molecule has 0 saturated heterocycles. The van der Waals surface area contributed by atoms with E-state index >= 15 is 0 Å². The van der Waals surface area contributed by atoms with Gasteiger partial charge in [-0.3, -0.25) is 4.79 Å². The van der Waals surface area contributed by atoms with Crippen LogP contribution in [-0.4, -0.2) is 11.0 Å². The highest BCUT2D eigenvalue weighted by molar-refractivity contribution is 6.05. The Morgan fingerprint density at radius 1 is 1.19 bits per heavy atom. The van der Waals surface area contributed by atoms with Crippen LogP contribution in [0.15, 0.2) is 63.3 Å². The minimum Gasteiger partial charge on any atom is -0.508 e. The Morgan fingerprint density at radius 2 is 1.96 bits per heavy atom. The smallest absolute Gasteiger partial charge is 0.360 e. The first-order chi connectivity index (χ1) is 12.8. The van der Waals surface area contributed by atoms with Gasteiger partial charge in [0.25, 0.3) is 5.91 Å². The standard InChI is InChI=1S/C22H21NO4/c1-13(2)7-8-15-11-17(9-10-19(15)24)21(25)23-18-12-16-6-4-5-14(3)20(16)27-22(18)26/h4-7,9-12,24H,8H2,1-3H3,(H,23,25). The number of hydrogen-bond acceptors (Lipinski definition) is 4. The molecular weight excluding hydrogens is 342 g/mol. The summed E-state index contributed by atoms with van der Waals surface area (Å²) in [4.78, 5) is 24.8. The van der Waals surface area contributed by atoms with Gasteiger partial charge in [-0.15, -0.1) is 0 Å². The van der Waals surface area contributed by atoms with Crippen molar-refractivity contribution in [2.45, 2.75) is 27.2 Å². The first kappa shape index (κ1) is 18.5. The Hall–Kier alpha value is -3.34. The fraction of sp³-hybridized carbons (Fsp3) is 0.182. The van der Waals surface area contributed by atoms with E-state index in [1.165, 1.54) is 12.1 Å². The molecule has 0 unspecified atom stereocenters. The number of nitrogens with one attached hydrogen (secondary N) is 1. The SMILES string of the molecule is CC(C)=CCc1cc(C(=O)Nc2cc3cccc(C)c3oc2=O)ccc1O. The quantitative estimate of drug-likeness (QED) is 0.526. The van der Waals surface area contributed by atoms with Crippen LogP contribution in [0.2, 0.25) is 0 Å². The maximum Gasteiger partial charge on any atom is 0.360 e. The molecule has 5 heteroatoms. The largest absolute Gasteiger partial charge is 0.508 e. The summed E-state index contributed by atoms with van der Waals surface area (Å²) in [6.07, 6.45) is 2.49. The number of fused-ring (bicyclic) bond motifs is 1. The van der Waals surface area contributed by atoms with Crippen LogP contribution in [0.5, 0.6) is 5.75 Å². The van der Waals surface area contributed by atoms with Crippen molar-refractivity contribution >= 4 is 22.6 Å². The molecule has 3 aromatic rings. The zero-order valence-electron chi connectivity index (χ0n) is 15.5. The third-order valence-corrected chi connectivity index (χ3v) is 4.28. The molecule has 0 radical (unpaired) electrons. The summed E-state index contributed by atoms with van der Waals surface area (Å²) in [5.41, 5.74) is 2.96. The Morgan fingerprint density at radius 3 is 2.70 bits per heavy atom.